The molecule has 1 atom stereocenters. The summed E-state index contributed by atoms with van der Waals surface area (Å²) in [6, 6.07) is 7.17. The highest BCUT2D eigenvalue weighted by molar-refractivity contribution is 7.99. The largest absolute Gasteiger partial charge is 0.461 e. The molecule has 1 aliphatic carbocycles. The predicted octanol–water partition coefficient (Wildman–Crippen LogP) is 5.64. The highest BCUT2D eigenvalue weighted by atomic mass is 32.2. The minimum absolute atomic E-state index is 0.185. The molecule has 0 aliphatic heterocycles. The number of fused-ring (bicyclic) bond motifs is 1. The number of hydrogen-bond acceptors (Lipinski definition) is 5. The molecule has 1 fully saturated rings. The zero-order valence-electron chi connectivity index (χ0n) is 19.0. The first-order valence-electron chi connectivity index (χ1n) is 11.2. The highest BCUT2D eigenvalue weighted by Crippen LogP contribution is 2.30. The van der Waals surface area contributed by atoms with E-state index in [1.807, 2.05) is 18.8 Å². The average Bonchev–Trinajstić information content (AvgIpc) is 3.00. The van der Waals surface area contributed by atoms with Crippen LogP contribution in [0.25, 0.3) is 11.0 Å². The van der Waals surface area contributed by atoms with Gasteiger partial charge in [-0.25, -0.2) is 0 Å². The number of thioether (sulfide) groups is 1. The number of imidazole rings is 1. The van der Waals surface area contributed by atoms with E-state index in [9.17, 15) is 4.79 Å². The second kappa shape index (κ2) is 10.7. The molecule has 0 spiro atoms. The summed E-state index contributed by atoms with van der Waals surface area (Å²) in [5.41, 5.74) is 2.10. The molecule has 3 rings (SSSR count). The van der Waals surface area contributed by atoms with E-state index in [0.29, 0.717) is 30.9 Å². The Balaban J connectivity index is 1.52. The number of ketones is 1. The summed E-state index contributed by atoms with van der Waals surface area (Å²) in [5.74, 6) is 2.31. The number of aromatic nitrogens is 2. The maximum Gasteiger partial charge on any atom is 0.297 e. The van der Waals surface area contributed by atoms with Crippen LogP contribution in [0.2, 0.25) is 0 Å². The molecule has 0 unspecified atom stereocenters. The molecule has 2 aromatic rings. The van der Waals surface area contributed by atoms with Crippen molar-refractivity contribution >= 4 is 28.6 Å². The number of Topliss-reactive ketones (excluding diaryl/α,β-unsaturated/α-hetero) is 1. The van der Waals surface area contributed by atoms with Crippen LogP contribution in [0.4, 0.5) is 0 Å². The minimum atomic E-state index is 0.185. The van der Waals surface area contributed by atoms with E-state index in [1.54, 1.807) is 6.92 Å². The van der Waals surface area contributed by atoms with Crippen LogP contribution in [-0.2, 0) is 16.6 Å². The molecule has 5 nitrogen and oxygen atoms in total. The van der Waals surface area contributed by atoms with Gasteiger partial charge in [0.15, 0.2) is 0 Å². The second-order valence-electron chi connectivity index (χ2n) is 9.17. The Morgan fingerprint density at radius 1 is 1.20 bits per heavy atom. The van der Waals surface area contributed by atoms with Crippen LogP contribution in [0, 0.1) is 11.8 Å². The molecule has 0 radical (unpaired) electrons. The van der Waals surface area contributed by atoms with Crippen molar-refractivity contribution in [1.29, 1.82) is 0 Å². The minimum Gasteiger partial charge on any atom is -0.461 e. The van der Waals surface area contributed by atoms with E-state index in [0.717, 1.165) is 42.5 Å². The Kier molecular flexibility index (Phi) is 8.23. The molecular weight excluding hydrogens is 396 g/mol. The Bertz CT molecular complexity index is 840. The van der Waals surface area contributed by atoms with Crippen LogP contribution >= 0.6 is 11.8 Å². The van der Waals surface area contributed by atoms with Gasteiger partial charge in [0.05, 0.1) is 17.1 Å². The van der Waals surface area contributed by atoms with Crippen LogP contribution < -0.4 is 4.74 Å². The number of carbonyl (C=O) groups excluding carboxylic acids is 1. The fourth-order valence-corrected chi connectivity index (χ4v) is 4.81. The first-order valence-corrected chi connectivity index (χ1v) is 12.2. The van der Waals surface area contributed by atoms with Gasteiger partial charge in [-0.15, -0.1) is 11.8 Å². The lowest BCUT2D eigenvalue weighted by Crippen LogP contribution is -2.30. The van der Waals surface area contributed by atoms with Crippen LogP contribution in [0.5, 0.6) is 6.01 Å². The lowest BCUT2D eigenvalue weighted by Gasteiger charge is -2.29. The third-order valence-electron chi connectivity index (χ3n) is 5.54. The number of nitrogens with zero attached hydrogens (tertiary/aromatic N) is 2. The smallest absolute Gasteiger partial charge is 0.297 e. The Labute approximate surface area is 184 Å². The van der Waals surface area contributed by atoms with Crippen molar-refractivity contribution in [2.45, 2.75) is 76.9 Å². The summed E-state index contributed by atoms with van der Waals surface area (Å²) in [5, 5.41) is 0. The number of carbonyl (C=O) groups is 1. The first-order chi connectivity index (χ1) is 14.3. The number of aryl methyl sites for hydroxylation is 1. The lowest BCUT2D eigenvalue weighted by molar-refractivity contribution is -0.118. The molecule has 30 heavy (non-hydrogen) atoms. The molecule has 0 N–H and O–H groups in total. The van der Waals surface area contributed by atoms with Crippen molar-refractivity contribution in [3.8, 4) is 6.01 Å². The van der Waals surface area contributed by atoms with E-state index < -0.39 is 0 Å². The van der Waals surface area contributed by atoms with Gasteiger partial charge in [0, 0.05) is 30.7 Å². The van der Waals surface area contributed by atoms with Crippen molar-refractivity contribution in [2.24, 2.45) is 18.9 Å². The molecule has 6 heteroatoms. The SMILES string of the molecule is CC(=O)C[C@@H](C)COC1CCC(Oc2nc3ccc(SCC(C)C)cc3n2C)CC1. The Morgan fingerprint density at radius 3 is 2.57 bits per heavy atom. The van der Waals surface area contributed by atoms with E-state index in [1.165, 1.54) is 4.90 Å². The second-order valence-corrected chi connectivity index (χ2v) is 10.3. The average molecular weight is 433 g/mol. The Morgan fingerprint density at radius 2 is 1.90 bits per heavy atom. The monoisotopic (exact) mass is 432 g/mol. The quantitative estimate of drug-likeness (QED) is 0.455. The molecule has 1 aromatic heterocycles. The van der Waals surface area contributed by atoms with Crippen molar-refractivity contribution in [3.05, 3.63) is 18.2 Å². The molecule has 166 valence electrons. The van der Waals surface area contributed by atoms with E-state index in [-0.39, 0.29) is 18.0 Å². The third kappa shape index (κ3) is 6.48. The number of benzene rings is 1. The Hall–Kier alpha value is -1.53. The standard InChI is InChI=1S/C24H36N2O3S/c1-16(2)15-30-21-10-11-22-23(13-21)26(5)24(25-22)29-20-8-6-19(7-9-20)28-14-17(3)12-18(4)27/h10-11,13,16-17,19-20H,6-9,12,14-15H2,1-5H3/t17-,19?,20?/m1/s1. The summed E-state index contributed by atoms with van der Waals surface area (Å²) in [6.07, 6.45) is 5.01. The normalized spacial score (nSPS) is 20.6. The summed E-state index contributed by atoms with van der Waals surface area (Å²) in [7, 11) is 2.03. The van der Waals surface area contributed by atoms with Crippen molar-refractivity contribution in [1.82, 2.24) is 9.55 Å². The number of rotatable bonds is 10. The molecule has 1 heterocycles. The zero-order valence-corrected chi connectivity index (χ0v) is 19.8. The van der Waals surface area contributed by atoms with Gasteiger partial charge in [-0.2, -0.15) is 4.98 Å². The van der Waals surface area contributed by atoms with E-state index >= 15 is 0 Å². The summed E-state index contributed by atoms with van der Waals surface area (Å²) in [4.78, 5) is 17.2. The lowest BCUT2D eigenvalue weighted by atomic mass is 9.95. The maximum atomic E-state index is 11.2. The maximum absolute atomic E-state index is 11.2. The van der Waals surface area contributed by atoms with Crippen LogP contribution in [-0.4, -0.2) is 39.9 Å². The van der Waals surface area contributed by atoms with E-state index in [2.05, 4.69) is 43.5 Å². The van der Waals surface area contributed by atoms with Crippen LogP contribution in [0.1, 0.15) is 59.8 Å². The molecule has 0 bridgehead atoms. The summed E-state index contributed by atoms with van der Waals surface area (Å²) < 4.78 is 14.4. The topological polar surface area (TPSA) is 53.4 Å². The highest BCUT2D eigenvalue weighted by Gasteiger charge is 2.25. The first kappa shape index (κ1) is 23.1. The molecule has 1 aromatic carbocycles. The molecular formula is C24H36N2O3S. The van der Waals surface area contributed by atoms with Gasteiger partial charge in [0.1, 0.15) is 11.9 Å². The van der Waals surface area contributed by atoms with Crippen LogP contribution in [0.15, 0.2) is 23.1 Å². The van der Waals surface area contributed by atoms with Crippen molar-refractivity contribution in [2.75, 3.05) is 12.4 Å². The van der Waals surface area contributed by atoms with Gasteiger partial charge >= 0.3 is 0 Å². The third-order valence-corrected chi connectivity index (χ3v) is 6.96. The summed E-state index contributed by atoms with van der Waals surface area (Å²) >= 11 is 1.89. The molecule has 0 saturated heterocycles. The number of hydrogen-bond donors (Lipinski definition) is 0. The van der Waals surface area contributed by atoms with Gasteiger partial charge in [-0.3, -0.25) is 4.57 Å². The summed E-state index contributed by atoms with van der Waals surface area (Å²) in [6.45, 7) is 8.87. The van der Waals surface area contributed by atoms with Crippen molar-refractivity contribution in [3.63, 3.8) is 0 Å². The van der Waals surface area contributed by atoms with Gasteiger partial charge in [0.2, 0.25) is 0 Å². The number of ether oxygens (including phenoxy) is 2. The predicted molar refractivity (Wildman–Crippen MR) is 123 cm³/mol. The fraction of sp³-hybridized carbons (Fsp3) is 0.667. The fourth-order valence-electron chi connectivity index (χ4n) is 3.92. The van der Waals surface area contributed by atoms with Crippen LogP contribution in [0.3, 0.4) is 0 Å². The van der Waals surface area contributed by atoms with Gasteiger partial charge in [0.25, 0.3) is 6.01 Å². The molecule has 1 aliphatic rings. The molecule has 1 saturated carbocycles. The van der Waals surface area contributed by atoms with Gasteiger partial charge in [-0.1, -0.05) is 20.8 Å². The van der Waals surface area contributed by atoms with Gasteiger partial charge in [-0.05, 0) is 62.6 Å². The van der Waals surface area contributed by atoms with E-state index in [4.69, 9.17) is 14.5 Å². The van der Waals surface area contributed by atoms with Gasteiger partial charge < -0.3 is 14.3 Å². The zero-order chi connectivity index (χ0) is 21.7. The molecule has 0 amide bonds. The van der Waals surface area contributed by atoms with Crippen molar-refractivity contribution < 1.29 is 14.3 Å².